The van der Waals surface area contributed by atoms with E-state index in [4.69, 9.17) is 21.1 Å². The van der Waals surface area contributed by atoms with Crippen molar-refractivity contribution >= 4 is 23.7 Å². The average Bonchev–Trinajstić information content (AvgIpc) is 2.99. The predicted molar refractivity (Wildman–Crippen MR) is 123 cm³/mol. The zero-order valence-electron chi connectivity index (χ0n) is 18.9. The minimum absolute atomic E-state index is 0.126. The van der Waals surface area contributed by atoms with Crippen LogP contribution >= 0.6 is 11.6 Å². The van der Waals surface area contributed by atoms with Crippen molar-refractivity contribution < 1.29 is 24.2 Å². The van der Waals surface area contributed by atoms with Gasteiger partial charge in [0, 0.05) is 12.0 Å². The molecule has 6 heteroatoms. The predicted octanol–water partition coefficient (Wildman–Crippen LogP) is 6.04. The fraction of sp³-hybridized carbons (Fsp3) is 0.440. The van der Waals surface area contributed by atoms with Gasteiger partial charge in [0.15, 0.2) is 17.8 Å². The molecule has 0 aromatic heterocycles. The molecule has 1 aromatic rings. The Morgan fingerprint density at radius 1 is 1.35 bits per heavy atom. The maximum absolute atomic E-state index is 12.0. The van der Waals surface area contributed by atoms with Crippen LogP contribution in [0.2, 0.25) is 5.02 Å². The van der Waals surface area contributed by atoms with Crippen LogP contribution in [0.1, 0.15) is 68.4 Å². The van der Waals surface area contributed by atoms with Crippen molar-refractivity contribution in [1.29, 1.82) is 0 Å². The molecule has 0 spiro atoms. The Morgan fingerprint density at radius 2 is 2.03 bits per heavy atom. The standard InChI is InChI=1S/C25H31ClO5/c1-7-30-24-18(23(29)19(14-27)17(4)22(24)26)12-11-15(2)9-8-10-16(3)20-13-21(28)25(5,6)31-20/h7,10-11,14,20,29H,1,8-9,12-13H2,2-6H3/b15-11-,16-10-. The molecule has 168 valence electrons. The summed E-state index contributed by atoms with van der Waals surface area (Å²) in [5, 5.41) is 10.8. The molecule has 2 rings (SSSR count). The maximum Gasteiger partial charge on any atom is 0.167 e. The van der Waals surface area contributed by atoms with Crippen LogP contribution in [0, 0.1) is 6.92 Å². The van der Waals surface area contributed by atoms with Crippen molar-refractivity contribution in [1.82, 2.24) is 0 Å². The van der Waals surface area contributed by atoms with Crippen molar-refractivity contribution in [3.63, 3.8) is 0 Å². The Kier molecular flexibility index (Phi) is 8.27. The fourth-order valence-electron chi connectivity index (χ4n) is 3.58. The van der Waals surface area contributed by atoms with E-state index in [9.17, 15) is 14.7 Å². The number of halogens is 1. The number of ether oxygens (including phenoxy) is 2. The number of ketones is 1. The molecule has 0 aliphatic carbocycles. The first kappa shape index (κ1) is 24.9. The van der Waals surface area contributed by atoms with Gasteiger partial charge < -0.3 is 14.6 Å². The number of hydrogen-bond acceptors (Lipinski definition) is 5. The van der Waals surface area contributed by atoms with Crippen LogP contribution in [0.5, 0.6) is 11.5 Å². The third-order valence-electron chi connectivity index (χ3n) is 5.71. The van der Waals surface area contributed by atoms with Gasteiger partial charge in [-0.1, -0.05) is 35.9 Å². The Labute approximate surface area is 189 Å². The molecule has 0 bridgehead atoms. The monoisotopic (exact) mass is 446 g/mol. The van der Waals surface area contributed by atoms with Crippen LogP contribution in [0.3, 0.4) is 0 Å². The second-order valence-corrected chi connectivity index (χ2v) is 8.77. The van der Waals surface area contributed by atoms with Gasteiger partial charge in [-0.3, -0.25) is 9.59 Å². The number of aldehydes is 1. The quantitative estimate of drug-likeness (QED) is 0.284. The van der Waals surface area contributed by atoms with Crippen molar-refractivity contribution in [2.45, 2.75) is 72.0 Å². The summed E-state index contributed by atoms with van der Waals surface area (Å²) in [6.07, 6.45) is 8.16. The molecule has 5 nitrogen and oxygen atoms in total. The normalized spacial score (nSPS) is 18.9. The molecule has 1 atom stereocenters. The molecule has 1 saturated heterocycles. The number of Topliss-reactive ketones (excluding diaryl/α,β-unsaturated/α-hetero) is 1. The highest BCUT2D eigenvalue weighted by Crippen LogP contribution is 2.41. The third-order valence-corrected chi connectivity index (χ3v) is 6.17. The van der Waals surface area contributed by atoms with Gasteiger partial charge in [-0.05, 0) is 65.0 Å². The molecule has 1 aromatic carbocycles. The van der Waals surface area contributed by atoms with Crippen LogP contribution in [0.4, 0.5) is 0 Å². The lowest BCUT2D eigenvalue weighted by molar-refractivity contribution is -0.129. The number of carbonyl (C=O) groups is 2. The molecule has 1 aliphatic rings. The number of phenolic OH excluding ortho intramolecular Hbond substituents is 1. The summed E-state index contributed by atoms with van der Waals surface area (Å²) in [7, 11) is 0. The first-order valence-electron chi connectivity index (χ1n) is 10.3. The van der Waals surface area contributed by atoms with Crippen LogP contribution in [0.25, 0.3) is 0 Å². The van der Waals surface area contributed by atoms with E-state index in [1.807, 2.05) is 33.8 Å². The lowest BCUT2D eigenvalue weighted by Crippen LogP contribution is -2.27. The van der Waals surface area contributed by atoms with E-state index in [0.717, 1.165) is 24.0 Å². The summed E-state index contributed by atoms with van der Waals surface area (Å²) >= 11 is 6.35. The van der Waals surface area contributed by atoms with Crippen molar-refractivity contribution in [3.05, 3.63) is 57.9 Å². The molecule has 31 heavy (non-hydrogen) atoms. The second-order valence-electron chi connectivity index (χ2n) is 8.40. The number of rotatable bonds is 9. The Bertz CT molecular complexity index is 940. The number of benzene rings is 1. The smallest absolute Gasteiger partial charge is 0.167 e. The average molecular weight is 447 g/mol. The van der Waals surface area contributed by atoms with Gasteiger partial charge in [0.05, 0.1) is 23.0 Å². The van der Waals surface area contributed by atoms with Crippen LogP contribution < -0.4 is 4.74 Å². The Morgan fingerprint density at radius 3 is 2.58 bits per heavy atom. The maximum atomic E-state index is 12.0. The van der Waals surface area contributed by atoms with Crippen molar-refractivity contribution in [2.24, 2.45) is 0 Å². The lowest BCUT2D eigenvalue weighted by atomic mass is 9.98. The third kappa shape index (κ3) is 5.66. The molecular weight excluding hydrogens is 416 g/mol. The van der Waals surface area contributed by atoms with Gasteiger partial charge in [0.1, 0.15) is 11.4 Å². The first-order valence-corrected chi connectivity index (χ1v) is 10.7. The summed E-state index contributed by atoms with van der Waals surface area (Å²) in [4.78, 5) is 23.4. The molecule has 1 N–H and O–H groups in total. The zero-order valence-corrected chi connectivity index (χ0v) is 19.6. The summed E-state index contributed by atoms with van der Waals surface area (Å²) < 4.78 is 11.3. The Hall–Kier alpha value is -2.37. The van der Waals surface area contributed by atoms with E-state index in [1.54, 1.807) is 6.92 Å². The first-order chi connectivity index (χ1) is 14.5. The summed E-state index contributed by atoms with van der Waals surface area (Å²) in [6, 6.07) is 0. The van der Waals surface area contributed by atoms with Gasteiger partial charge in [-0.25, -0.2) is 0 Å². The van der Waals surface area contributed by atoms with Crippen LogP contribution in [0.15, 0.2) is 36.1 Å². The van der Waals surface area contributed by atoms with Crippen molar-refractivity contribution in [3.8, 4) is 11.5 Å². The fourth-order valence-corrected chi connectivity index (χ4v) is 3.84. The molecule has 0 saturated carbocycles. The summed E-state index contributed by atoms with van der Waals surface area (Å²) in [5.41, 5.74) is 2.54. The molecular formula is C25H31ClO5. The van der Waals surface area contributed by atoms with E-state index in [2.05, 4.69) is 12.7 Å². The van der Waals surface area contributed by atoms with Gasteiger partial charge >= 0.3 is 0 Å². The van der Waals surface area contributed by atoms with Gasteiger partial charge in [-0.2, -0.15) is 0 Å². The van der Waals surface area contributed by atoms with Gasteiger partial charge in [0.2, 0.25) is 0 Å². The van der Waals surface area contributed by atoms with E-state index in [-0.39, 0.29) is 28.2 Å². The van der Waals surface area contributed by atoms with E-state index in [0.29, 0.717) is 36.0 Å². The van der Waals surface area contributed by atoms with Gasteiger partial charge in [0.25, 0.3) is 0 Å². The molecule has 1 fully saturated rings. The van der Waals surface area contributed by atoms with Crippen LogP contribution in [-0.4, -0.2) is 28.9 Å². The lowest BCUT2D eigenvalue weighted by Gasteiger charge is -2.18. The number of hydrogen-bond donors (Lipinski definition) is 1. The number of allylic oxidation sites excluding steroid dienone is 3. The Balaban J connectivity index is 2.10. The number of phenols is 1. The molecule has 1 aliphatic heterocycles. The number of carbonyl (C=O) groups excluding carboxylic acids is 2. The molecule has 0 amide bonds. The summed E-state index contributed by atoms with van der Waals surface area (Å²) in [5.74, 6) is 0.312. The highest BCUT2D eigenvalue weighted by Gasteiger charge is 2.40. The van der Waals surface area contributed by atoms with Crippen molar-refractivity contribution in [2.75, 3.05) is 0 Å². The minimum Gasteiger partial charge on any atom is -0.507 e. The van der Waals surface area contributed by atoms with Crippen LogP contribution in [-0.2, 0) is 16.0 Å². The molecule has 0 radical (unpaired) electrons. The van der Waals surface area contributed by atoms with E-state index < -0.39 is 5.60 Å². The summed E-state index contributed by atoms with van der Waals surface area (Å²) in [6.45, 7) is 12.8. The SMILES string of the molecule is C=COc1c(Cl)c(C)c(C=O)c(O)c1C/C=C(/C)CC/C=C(/C)C1CC(=O)C(C)(C)O1. The minimum atomic E-state index is -0.710. The largest absolute Gasteiger partial charge is 0.507 e. The molecule has 1 heterocycles. The topological polar surface area (TPSA) is 72.8 Å². The van der Waals surface area contributed by atoms with E-state index in [1.165, 1.54) is 6.26 Å². The highest BCUT2D eigenvalue weighted by atomic mass is 35.5. The highest BCUT2D eigenvalue weighted by molar-refractivity contribution is 6.33. The second kappa shape index (κ2) is 10.3. The molecule has 1 unspecified atom stereocenters. The zero-order chi connectivity index (χ0) is 23.3. The number of aromatic hydroxyl groups is 1. The van der Waals surface area contributed by atoms with E-state index >= 15 is 0 Å². The van der Waals surface area contributed by atoms with Gasteiger partial charge in [-0.15, -0.1) is 0 Å².